The summed E-state index contributed by atoms with van der Waals surface area (Å²) in [7, 11) is 1.62. The molecule has 1 N–H and O–H groups in total. The van der Waals surface area contributed by atoms with E-state index in [1.165, 1.54) is 6.08 Å². The van der Waals surface area contributed by atoms with Crippen LogP contribution in [0.25, 0.3) is 6.08 Å². The van der Waals surface area contributed by atoms with E-state index in [-0.39, 0.29) is 5.91 Å². The number of benzene rings is 3. The van der Waals surface area contributed by atoms with Gasteiger partial charge in [-0.1, -0.05) is 48.0 Å². The molecular formula is C27H24ClN3O3. The number of nitrogens with zero attached hydrogens (tertiary/aromatic N) is 2. The molecule has 0 saturated carbocycles. The largest absolute Gasteiger partial charge is 0.496 e. The summed E-state index contributed by atoms with van der Waals surface area (Å²) in [5.74, 6) is 1.26. The van der Waals surface area contributed by atoms with Crippen LogP contribution in [0.4, 0.5) is 5.69 Å². The first-order valence-electron chi connectivity index (χ1n) is 10.7. The summed E-state index contributed by atoms with van der Waals surface area (Å²) in [6, 6.07) is 22.8. The zero-order valence-electron chi connectivity index (χ0n) is 18.6. The molecule has 4 rings (SSSR count). The van der Waals surface area contributed by atoms with E-state index >= 15 is 0 Å². The molecule has 0 aliphatic carbocycles. The van der Waals surface area contributed by atoms with Crippen LogP contribution in [0.5, 0.6) is 11.5 Å². The van der Waals surface area contributed by atoms with Crippen molar-refractivity contribution in [3.05, 3.63) is 113 Å². The number of ether oxygens (including phenoxy) is 2. The lowest BCUT2D eigenvalue weighted by atomic mass is 10.1. The Bertz CT molecular complexity index is 1270. The molecule has 0 atom stereocenters. The van der Waals surface area contributed by atoms with Crippen molar-refractivity contribution in [3.63, 3.8) is 0 Å². The number of anilines is 1. The first-order chi connectivity index (χ1) is 16.6. The van der Waals surface area contributed by atoms with Gasteiger partial charge in [0.1, 0.15) is 18.1 Å². The zero-order valence-corrected chi connectivity index (χ0v) is 19.4. The smallest absolute Gasteiger partial charge is 0.248 e. The van der Waals surface area contributed by atoms with Gasteiger partial charge in [0.2, 0.25) is 5.91 Å². The number of para-hydroxylation sites is 1. The minimum absolute atomic E-state index is 0.246. The number of methoxy groups -OCH3 is 1. The molecule has 0 aliphatic heterocycles. The molecule has 0 fully saturated rings. The second-order valence-electron chi connectivity index (χ2n) is 7.55. The third-order valence-electron chi connectivity index (χ3n) is 5.03. The van der Waals surface area contributed by atoms with Gasteiger partial charge in [-0.3, -0.25) is 9.48 Å². The molecule has 1 amide bonds. The SMILES string of the molecule is COc1ccc(/C=C/C(=O)Nc2cnn(Cc3ccc(Cl)cc3)c2)cc1COc1ccccc1. The number of hydrogen-bond donors (Lipinski definition) is 1. The molecule has 3 aromatic carbocycles. The Labute approximate surface area is 203 Å². The van der Waals surface area contributed by atoms with E-state index in [2.05, 4.69) is 10.4 Å². The average molecular weight is 474 g/mol. The Hall–Kier alpha value is -4.03. The highest BCUT2D eigenvalue weighted by Gasteiger charge is 2.06. The molecule has 0 saturated heterocycles. The third-order valence-corrected chi connectivity index (χ3v) is 5.28. The summed E-state index contributed by atoms with van der Waals surface area (Å²) in [5, 5.41) is 7.82. The normalized spacial score (nSPS) is 10.9. The van der Waals surface area contributed by atoms with Crippen molar-refractivity contribution in [2.24, 2.45) is 0 Å². The number of carbonyl (C=O) groups is 1. The predicted molar refractivity (Wildman–Crippen MR) is 134 cm³/mol. The predicted octanol–water partition coefficient (Wildman–Crippen LogP) is 5.82. The maximum atomic E-state index is 12.4. The Morgan fingerprint density at radius 3 is 2.65 bits per heavy atom. The van der Waals surface area contributed by atoms with Crippen molar-refractivity contribution in [1.82, 2.24) is 9.78 Å². The van der Waals surface area contributed by atoms with Crippen LogP contribution in [0.3, 0.4) is 0 Å². The fraction of sp³-hybridized carbons (Fsp3) is 0.111. The molecule has 6 nitrogen and oxygen atoms in total. The van der Waals surface area contributed by atoms with Gasteiger partial charge in [0.05, 0.1) is 25.5 Å². The van der Waals surface area contributed by atoms with Gasteiger partial charge in [0, 0.05) is 22.9 Å². The van der Waals surface area contributed by atoms with Gasteiger partial charge in [0.25, 0.3) is 0 Å². The van der Waals surface area contributed by atoms with E-state index < -0.39 is 0 Å². The van der Waals surface area contributed by atoms with Crippen LogP contribution in [0.15, 0.2) is 91.3 Å². The zero-order chi connectivity index (χ0) is 23.8. The van der Waals surface area contributed by atoms with Gasteiger partial charge >= 0.3 is 0 Å². The summed E-state index contributed by atoms with van der Waals surface area (Å²) in [5.41, 5.74) is 3.44. The highest BCUT2D eigenvalue weighted by Crippen LogP contribution is 2.23. The van der Waals surface area contributed by atoms with Crippen LogP contribution >= 0.6 is 11.6 Å². The number of halogens is 1. The number of aromatic nitrogens is 2. The molecule has 1 heterocycles. The Balaban J connectivity index is 1.36. The first kappa shape index (κ1) is 23.1. The van der Waals surface area contributed by atoms with E-state index in [1.807, 2.05) is 72.8 Å². The minimum Gasteiger partial charge on any atom is -0.496 e. The number of amides is 1. The van der Waals surface area contributed by atoms with Crippen molar-refractivity contribution in [3.8, 4) is 11.5 Å². The fourth-order valence-corrected chi connectivity index (χ4v) is 3.47. The summed E-state index contributed by atoms with van der Waals surface area (Å²) < 4.78 is 13.0. The molecule has 0 radical (unpaired) electrons. The number of hydrogen-bond acceptors (Lipinski definition) is 4. The third kappa shape index (κ3) is 6.49. The van der Waals surface area contributed by atoms with Crippen LogP contribution in [0.2, 0.25) is 5.02 Å². The van der Waals surface area contributed by atoms with Crippen molar-refractivity contribution in [1.29, 1.82) is 0 Å². The van der Waals surface area contributed by atoms with Crippen molar-refractivity contribution < 1.29 is 14.3 Å². The van der Waals surface area contributed by atoms with E-state index in [0.717, 1.165) is 28.2 Å². The Morgan fingerprint density at radius 1 is 1.09 bits per heavy atom. The van der Waals surface area contributed by atoms with Gasteiger partial charge in [-0.05, 0) is 53.6 Å². The molecule has 0 aliphatic rings. The Kier molecular flexibility index (Phi) is 7.63. The van der Waals surface area contributed by atoms with Crippen LogP contribution in [0.1, 0.15) is 16.7 Å². The maximum absolute atomic E-state index is 12.4. The first-order valence-corrected chi connectivity index (χ1v) is 11.1. The summed E-state index contributed by atoms with van der Waals surface area (Å²) >= 11 is 5.93. The average Bonchev–Trinajstić information content (AvgIpc) is 3.30. The van der Waals surface area contributed by atoms with Gasteiger partial charge in [-0.25, -0.2) is 0 Å². The van der Waals surface area contributed by atoms with Gasteiger partial charge in [-0.2, -0.15) is 5.10 Å². The lowest BCUT2D eigenvalue weighted by molar-refractivity contribution is -0.111. The highest BCUT2D eigenvalue weighted by atomic mass is 35.5. The molecule has 172 valence electrons. The van der Waals surface area contributed by atoms with E-state index in [0.29, 0.717) is 23.9 Å². The molecular weight excluding hydrogens is 450 g/mol. The quantitative estimate of drug-likeness (QED) is 0.311. The fourth-order valence-electron chi connectivity index (χ4n) is 3.34. The molecule has 0 unspecified atom stereocenters. The minimum atomic E-state index is -0.246. The lowest BCUT2D eigenvalue weighted by Crippen LogP contribution is -2.07. The molecule has 0 spiro atoms. The second kappa shape index (κ2) is 11.2. The molecule has 7 heteroatoms. The van der Waals surface area contributed by atoms with Crippen LogP contribution < -0.4 is 14.8 Å². The lowest BCUT2D eigenvalue weighted by Gasteiger charge is -2.11. The van der Waals surface area contributed by atoms with Crippen molar-refractivity contribution in [2.45, 2.75) is 13.2 Å². The Morgan fingerprint density at radius 2 is 1.88 bits per heavy atom. The molecule has 1 aromatic heterocycles. The summed E-state index contributed by atoms with van der Waals surface area (Å²) in [4.78, 5) is 12.4. The van der Waals surface area contributed by atoms with E-state index in [4.69, 9.17) is 21.1 Å². The maximum Gasteiger partial charge on any atom is 0.248 e. The molecule has 34 heavy (non-hydrogen) atoms. The van der Waals surface area contributed by atoms with Crippen LogP contribution in [-0.2, 0) is 17.9 Å². The van der Waals surface area contributed by atoms with Crippen molar-refractivity contribution in [2.75, 3.05) is 12.4 Å². The van der Waals surface area contributed by atoms with Gasteiger partial charge in [0.15, 0.2) is 0 Å². The van der Waals surface area contributed by atoms with Crippen molar-refractivity contribution >= 4 is 29.3 Å². The number of nitrogens with one attached hydrogen (secondary N) is 1. The van der Waals surface area contributed by atoms with Crippen LogP contribution in [-0.4, -0.2) is 22.8 Å². The molecule has 4 aromatic rings. The number of carbonyl (C=O) groups excluding carboxylic acids is 1. The number of rotatable bonds is 9. The van der Waals surface area contributed by atoms with E-state index in [9.17, 15) is 4.79 Å². The van der Waals surface area contributed by atoms with Gasteiger partial charge in [-0.15, -0.1) is 0 Å². The second-order valence-corrected chi connectivity index (χ2v) is 7.99. The topological polar surface area (TPSA) is 65.4 Å². The van der Waals surface area contributed by atoms with Gasteiger partial charge < -0.3 is 14.8 Å². The van der Waals surface area contributed by atoms with Crippen LogP contribution in [0, 0.1) is 0 Å². The standard InChI is InChI=1S/C27H24ClN3O3/c1-33-26-13-9-20(15-22(26)19-34-25-5-3-2-4-6-25)10-14-27(32)30-24-16-29-31(18-24)17-21-7-11-23(28)12-8-21/h2-16,18H,17,19H2,1H3,(H,30,32)/b14-10+. The summed E-state index contributed by atoms with van der Waals surface area (Å²) in [6.45, 7) is 0.941. The highest BCUT2D eigenvalue weighted by molar-refractivity contribution is 6.30. The summed E-state index contributed by atoms with van der Waals surface area (Å²) in [6.07, 6.45) is 6.64. The van der Waals surface area contributed by atoms with E-state index in [1.54, 1.807) is 30.3 Å². The monoisotopic (exact) mass is 473 g/mol. The molecule has 0 bridgehead atoms.